The van der Waals surface area contributed by atoms with Crippen LogP contribution in [-0.2, 0) is 6.54 Å². The van der Waals surface area contributed by atoms with Gasteiger partial charge in [-0.25, -0.2) is 4.39 Å². The Morgan fingerprint density at radius 1 is 1.50 bits per heavy atom. The highest BCUT2D eigenvalue weighted by Crippen LogP contribution is 2.08. The van der Waals surface area contributed by atoms with Gasteiger partial charge in [-0.1, -0.05) is 12.1 Å². The molecule has 1 aromatic rings. The maximum atomic E-state index is 13.1. The number of hydrogen-bond donors (Lipinski definition) is 2. The van der Waals surface area contributed by atoms with Gasteiger partial charge in [0.25, 0.3) is 0 Å². The third kappa shape index (κ3) is 3.44. The van der Waals surface area contributed by atoms with Crippen molar-refractivity contribution in [1.82, 2.24) is 5.32 Å². The third-order valence-corrected chi connectivity index (χ3v) is 2.01. The fourth-order valence-corrected chi connectivity index (χ4v) is 1.17. The lowest BCUT2D eigenvalue weighted by Gasteiger charge is -2.07. The van der Waals surface area contributed by atoms with Crippen LogP contribution in [-0.4, -0.2) is 17.8 Å². The molecule has 1 atom stereocenters. The monoisotopic (exact) mass is 197 g/mol. The van der Waals surface area contributed by atoms with Crippen LogP contribution in [0, 0.1) is 12.7 Å². The molecule has 1 rings (SSSR count). The molecule has 0 aliphatic rings. The quantitative estimate of drug-likeness (QED) is 0.768. The summed E-state index contributed by atoms with van der Waals surface area (Å²) in [6.07, 6.45) is -0.370. The van der Waals surface area contributed by atoms with Crippen molar-refractivity contribution < 1.29 is 9.50 Å². The Morgan fingerprint density at radius 2 is 2.21 bits per heavy atom. The van der Waals surface area contributed by atoms with Gasteiger partial charge in [0.1, 0.15) is 5.82 Å². The first-order chi connectivity index (χ1) is 6.59. The lowest BCUT2D eigenvalue weighted by atomic mass is 10.1. The fraction of sp³-hybridized carbons (Fsp3) is 0.455. The maximum Gasteiger partial charge on any atom is 0.126 e. The topological polar surface area (TPSA) is 32.3 Å². The Labute approximate surface area is 83.8 Å². The van der Waals surface area contributed by atoms with Gasteiger partial charge >= 0.3 is 0 Å². The smallest absolute Gasteiger partial charge is 0.126 e. The van der Waals surface area contributed by atoms with Crippen molar-refractivity contribution >= 4 is 0 Å². The molecule has 78 valence electrons. The fourth-order valence-electron chi connectivity index (χ4n) is 1.17. The van der Waals surface area contributed by atoms with E-state index in [1.165, 1.54) is 6.07 Å². The highest BCUT2D eigenvalue weighted by molar-refractivity contribution is 5.23. The van der Waals surface area contributed by atoms with E-state index in [-0.39, 0.29) is 11.9 Å². The Hall–Kier alpha value is -0.930. The number of hydrogen-bond acceptors (Lipinski definition) is 2. The van der Waals surface area contributed by atoms with Gasteiger partial charge in [-0.15, -0.1) is 0 Å². The average molecular weight is 197 g/mol. The highest BCUT2D eigenvalue weighted by Gasteiger charge is 1.99. The van der Waals surface area contributed by atoms with Crippen molar-refractivity contribution in [2.75, 3.05) is 6.54 Å². The van der Waals surface area contributed by atoms with Crippen LogP contribution in [0.4, 0.5) is 4.39 Å². The zero-order valence-electron chi connectivity index (χ0n) is 8.55. The van der Waals surface area contributed by atoms with Crippen LogP contribution < -0.4 is 5.32 Å². The molecule has 0 heterocycles. The summed E-state index contributed by atoms with van der Waals surface area (Å²) >= 11 is 0. The van der Waals surface area contributed by atoms with Crippen molar-refractivity contribution in [3.8, 4) is 0 Å². The minimum atomic E-state index is -0.370. The molecule has 0 aromatic heterocycles. The van der Waals surface area contributed by atoms with Crippen molar-refractivity contribution in [3.63, 3.8) is 0 Å². The molecule has 3 heteroatoms. The maximum absolute atomic E-state index is 13.1. The van der Waals surface area contributed by atoms with E-state index >= 15 is 0 Å². The van der Waals surface area contributed by atoms with Crippen LogP contribution in [0.5, 0.6) is 0 Å². The number of rotatable bonds is 4. The van der Waals surface area contributed by atoms with E-state index in [1.807, 2.05) is 6.07 Å². The molecule has 0 spiro atoms. The van der Waals surface area contributed by atoms with Gasteiger partial charge in [0.2, 0.25) is 0 Å². The van der Waals surface area contributed by atoms with Gasteiger partial charge in [0.15, 0.2) is 0 Å². The Kier molecular flexibility index (Phi) is 4.04. The van der Waals surface area contributed by atoms with Gasteiger partial charge in [-0.05, 0) is 31.0 Å². The van der Waals surface area contributed by atoms with E-state index in [0.29, 0.717) is 18.7 Å². The largest absolute Gasteiger partial charge is 0.392 e. The Bertz CT molecular complexity index is 299. The van der Waals surface area contributed by atoms with E-state index in [0.717, 1.165) is 5.56 Å². The van der Waals surface area contributed by atoms with Crippen molar-refractivity contribution in [2.24, 2.45) is 0 Å². The molecule has 0 radical (unpaired) electrons. The van der Waals surface area contributed by atoms with Gasteiger partial charge in [-0.3, -0.25) is 0 Å². The normalized spacial score (nSPS) is 12.9. The molecule has 14 heavy (non-hydrogen) atoms. The standard InChI is InChI=1S/C11H16FNO/c1-8-3-4-10(5-11(8)12)7-13-6-9(2)14/h3-5,9,13-14H,6-7H2,1-2H3/t9-/m0/s1. The molecule has 0 saturated heterocycles. The number of nitrogens with one attached hydrogen (secondary N) is 1. The van der Waals surface area contributed by atoms with E-state index in [9.17, 15) is 4.39 Å². The minimum absolute atomic E-state index is 0.179. The number of aliphatic hydroxyl groups is 1. The second-order valence-electron chi connectivity index (χ2n) is 3.56. The van der Waals surface area contributed by atoms with Crippen LogP contribution in [0.25, 0.3) is 0 Å². The Balaban J connectivity index is 2.47. The van der Waals surface area contributed by atoms with Crippen LogP contribution in [0.1, 0.15) is 18.1 Å². The number of benzene rings is 1. The molecule has 2 N–H and O–H groups in total. The number of aryl methyl sites for hydroxylation is 1. The predicted molar refractivity (Wildman–Crippen MR) is 54.5 cm³/mol. The van der Waals surface area contributed by atoms with Crippen molar-refractivity contribution in [3.05, 3.63) is 35.1 Å². The zero-order chi connectivity index (χ0) is 10.6. The molecule has 0 bridgehead atoms. The lowest BCUT2D eigenvalue weighted by molar-refractivity contribution is 0.191. The summed E-state index contributed by atoms with van der Waals surface area (Å²) in [4.78, 5) is 0. The molecule has 0 unspecified atom stereocenters. The summed E-state index contributed by atoms with van der Waals surface area (Å²) < 4.78 is 13.1. The highest BCUT2D eigenvalue weighted by atomic mass is 19.1. The van der Waals surface area contributed by atoms with E-state index < -0.39 is 0 Å². The first-order valence-electron chi connectivity index (χ1n) is 4.73. The summed E-state index contributed by atoms with van der Waals surface area (Å²) in [5.74, 6) is -0.179. The zero-order valence-corrected chi connectivity index (χ0v) is 8.55. The molecule has 2 nitrogen and oxygen atoms in total. The molecule has 1 aromatic carbocycles. The SMILES string of the molecule is Cc1ccc(CNC[C@H](C)O)cc1F. The predicted octanol–water partition coefficient (Wildman–Crippen LogP) is 1.60. The molecule has 0 amide bonds. The van der Waals surface area contributed by atoms with E-state index in [2.05, 4.69) is 5.32 Å². The minimum Gasteiger partial charge on any atom is -0.392 e. The molecular formula is C11H16FNO. The van der Waals surface area contributed by atoms with Gasteiger partial charge in [0.05, 0.1) is 6.10 Å². The van der Waals surface area contributed by atoms with Crippen LogP contribution >= 0.6 is 0 Å². The van der Waals surface area contributed by atoms with E-state index in [1.54, 1.807) is 19.9 Å². The summed E-state index contributed by atoms with van der Waals surface area (Å²) in [6, 6.07) is 5.16. The van der Waals surface area contributed by atoms with Crippen LogP contribution in [0.15, 0.2) is 18.2 Å². The summed E-state index contributed by atoms with van der Waals surface area (Å²) in [6.45, 7) is 4.56. The molecule has 0 aliphatic carbocycles. The van der Waals surface area contributed by atoms with Gasteiger partial charge in [0, 0.05) is 13.1 Å². The van der Waals surface area contributed by atoms with Crippen LogP contribution in [0.2, 0.25) is 0 Å². The molecular weight excluding hydrogens is 181 g/mol. The summed E-state index contributed by atoms with van der Waals surface area (Å²) in [5, 5.41) is 12.0. The van der Waals surface area contributed by atoms with Gasteiger partial charge < -0.3 is 10.4 Å². The Morgan fingerprint density at radius 3 is 2.79 bits per heavy atom. The number of aliphatic hydroxyl groups excluding tert-OH is 1. The first kappa shape index (κ1) is 11.1. The molecule has 0 aliphatic heterocycles. The number of halogens is 1. The summed E-state index contributed by atoms with van der Waals surface area (Å²) in [7, 11) is 0. The first-order valence-corrected chi connectivity index (χ1v) is 4.73. The lowest BCUT2D eigenvalue weighted by Crippen LogP contribution is -2.23. The van der Waals surface area contributed by atoms with Gasteiger partial charge in [-0.2, -0.15) is 0 Å². The second kappa shape index (κ2) is 5.08. The molecule has 0 saturated carbocycles. The van der Waals surface area contributed by atoms with Crippen molar-refractivity contribution in [1.29, 1.82) is 0 Å². The average Bonchev–Trinajstić information content (AvgIpc) is 2.10. The molecule has 0 fully saturated rings. The van der Waals surface area contributed by atoms with E-state index in [4.69, 9.17) is 5.11 Å². The second-order valence-corrected chi connectivity index (χ2v) is 3.56. The summed E-state index contributed by atoms with van der Waals surface area (Å²) in [5.41, 5.74) is 1.55. The van der Waals surface area contributed by atoms with Crippen LogP contribution in [0.3, 0.4) is 0 Å². The third-order valence-electron chi connectivity index (χ3n) is 2.01. The van der Waals surface area contributed by atoms with Crippen molar-refractivity contribution in [2.45, 2.75) is 26.5 Å².